The predicted molar refractivity (Wildman–Crippen MR) is 98.3 cm³/mol. The number of para-hydroxylation sites is 1. The van der Waals surface area contributed by atoms with Gasteiger partial charge in [0.1, 0.15) is 6.04 Å². The largest absolute Gasteiger partial charge is 0.326 e. The molecule has 24 heavy (non-hydrogen) atoms. The first-order valence-electron chi connectivity index (χ1n) is 7.77. The van der Waals surface area contributed by atoms with Crippen LogP contribution in [0, 0.1) is 0 Å². The molecule has 0 radical (unpaired) electrons. The predicted octanol–water partition coefficient (Wildman–Crippen LogP) is 3.55. The van der Waals surface area contributed by atoms with Crippen LogP contribution >= 0.6 is 15.9 Å². The minimum absolute atomic E-state index is 0.106. The molecule has 1 heterocycles. The quantitative estimate of drug-likeness (QED) is 0.845. The number of hydrogen-bond donors (Lipinski definition) is 2. The molecule has 0 saturated carbocycles. The molecule has 0 aliphatic carbocycles. The van der Waals surface area contributed by atoms with Gasteiger partial charge < -0.3 is 15.5 Å². The van der Waals surface area contributed by atoms with Crippen molar-refractivity contribution in [3.63, 3.8) is 0 Å². The van der Waals surface area contributed by atoms with Gasteiger partial charge in [-0.05, 0) is 49.2 Å². The molecule has 2 N–H and O–H groups in total. The van der Waals surface area contributed by atoms with Crippen LogP contribution in [-0.2, 0) is 11.2 Å². The minimum Gasteiger partial charge on any atom is -0.326 e. The number of halogens is 1. The number of carbonyl (C=O) groups is 2. The molecule has 3 rings (SSSR count). The number of urea groups is 1. The van der Waals surface area contributed by atoms with Crippen molar-refractivity contribution in [3.8, 4) is 0 Å². The third-order valence-corrected chi connectivity index (χ3v) is 4.50. The second kappa shape index (κ2) is 7.05. The van der Waals surface area contributed by atoms with E-state index in [0.29, 0.717) is 12.2 Å². The average molecular weight is 388 g/mol. The topological polar surface area (TPSA) is 61.4 Å². The Bertz CT molecular complexity index is 761. The summed E-state index contributed by atoms with van der Waals surface area (Å²) >= 11 is 3.34. The van der Waals surface area contributed by atoms with E-state index in [1.807, 2.05) is 36.4 Å². The molecule has 124 valence electrons. The molecule has 5 nitrogen and oxygen atoms in total. The monoisotopic (exact) mass is 387 g/mol. The van der Waals surface area contributed by atoms with Crippen LogP contribution in [-0.4, -0.2) is 24.5 Å². The van der Waals surface area contributed by atoms with E-state index in [1.165, 1.54) is 0 Å². The standard InChI is InChI=1S/C18H18BrN3O2/c1-12(20-18(24)21-15-8-6-14(19)7-9-15)17(23)22-11-10-13-4-2-3-5-16(13)22/h2-9,12H,10-11H2,1H3,(H2,20,21,24). The molecule has 2 aromatic rings. The first kappa shape index (κ1) is 16.5. The zero-order valence-electron chi connectivity index (χ0n) is 13.3. The Labute approximate surface area is 149 Å². The molecule has 1 atom stereocenters. The van der Waals surface area contributed by atoms with Gasteiger partial charge >= 0.3 is 6.03 Å². The van der Waals surface area contributed by atoms with Crippen LogP contribution in [0.2, 0.25) is 0 Å². The Morgan fingerprint density at radius 1 is 1.12 bits per heavy atom. The molecule has 0 fully saturated rings. The van der Waals surface area contributed by atoms with Crippen molar-refractivity contribution in [2.75, 3.05) is 16.8 Å². The summed E-state index contributed by atoms with van der Waals surface area (Å²) in [5.41, 5.74) is 2.77. The summed E-state index contributed by atoms with van der Waals surface area (Å²) in [6, 6.07) is 14.1. The fraction of sp³-hybridized carbons (Fsp3) is 0.222. The van der Waals surface area contributed by atoms with E-state index < -0.39 is 12.1 Å². The smallest absolute Gasteiger partial charge is 0.319 e. The molecule has 6 heteroatoms. The van der Waals surface area contributed by atoms with Gasteiger partial charge in [-0.1, -0.05) is 34.1 Å². The molecule has 1 unspecified atom stereocenters. The zero-order valence-corrected chi connectivity index (χ0v) is 14.8. The molecule has 0 bridgehead atoms. The van der Waals surface area contributed by atoms with Gasteiger partial charge in [0.15, 0.2) is 0 Å². The van der Waals surface area contributed by atoms with Crippen molar-refractivity contribution in [2.24, 2.45) is 0 Å². The van der Waals surface area contributed by atoms with Crippen LogP contribution in [0.1, 0.15) is 12.5 Å². The highest BCUT2D eigenvalue weighted by atomic mass is 79.9. The van der Waals surface area contributed by atoms with E-state index in [4.69, 9.17) is 0 Å². The van der Waals surface area contributed by atoms with Gasteiger partial charge in [-0.25, -0.2) is 4.79 Å². The summed E-state index contributed by atoms with van der Waals surface area (Å²) < 4.78 is 0.935. The third kappa shape index (κ3) is 3.59. The number of carbonyl (C=O) groups excluding carboxylic acids is 2. The summed E-state index contributed by atoms with van der Waals surface area (Å²) in [6.07, 6.45) is 0.847. The van der Waals surface area contributed by atoms with Gasteiger partial charge in [0.2, 0.25) is 5.91 Å². The first-order chi connectivity index (χ1) is 11.5. The summed E-state index contributed by atoms with van der Waals surface area (Å²) in [7, 11) is 0. The van der Waals surface area contributed by atoms with Crippen molar-refractivity contribution < 1.29 is 9.59 Å². The Balaban J connectivity index is 1.60. The third-order valence-electron chi connectivity index (χ3n) is 3.97. The van der Waals surface area contributed by atoms with Gasteiger partial charge in [-0.15, -0.1) is 0 Å². The van der Waals surface area contributed by atoms with Crippen LogP contribution in [0.15, 0.2) is 53.0 Å². The number of hydrogen-bond acceptors (Lipinski definition) is 2. The molecule has 0 saturated heterocycles. The molecule has 3 amide bonds. The number of nitrogens with one attached hydrogen (secondary N) is 2. The molecule has 1 aliphatic heterocycles. The molecule has 0 spiro atoms. The van der Waals surface area contributed by atoms with Crippen molar-refractivity contribution in [3.05, 3.63) is 58.6 Å². The maximum atomic E-state index is 12.6. The van der Waals surface area contributed by atoms with E-state index in [0.717, 1.165) is 22.1 Å². The van der Waals surface area contributed by atoms with Crippen LogP contribution in [0.25, 0.3) is 0 Å². The second-order valence-electron chi connectivity index (χ2n) is 5.70. The van der Waals surface area contributed by atoms with Gasteiger partial charge in [-0.3, -0.25) is 4.79 Å². The van der Waals surface area contributed by atoms with Gasteiger partial charge in [0.05, 0.1) is 0 Å². The SMILES string of the molecule is CC(NC(=O)Nc1ccc(Br)cc1)C(=O)N1CCc2ccccc21. The maximum absolute atomic E-state index is 12.6. The molecule has 2 aromatic carbocycles. The van der Waals surface area contributed by atoms with Crippen molar-refractivity contribution in [1.82, 2.24) is 5.32 Å². The number of rotatable bonds is 3. The number of fused-ring (bicyclic) bond motifs is 1. The van der Waals surface area contributed by atoms with E-state index in [2.05, 4.69) is 26.6 Å². The zero-order chi connectivity index (χ0) is 17.1. The van der Waals surface area contributed by atoms with Crippen LogP contribution in [0.3, 0.4) is 0 Å². The Hall–Kier alpha value is -2.34. The lowest BCUT2D eigenvalue weighted by molar-refractivity contribution is -0.119. The summed E-state index contributed by atoms with van der Waals surface area (Å²) in [6.45, 7) is 2.35. The summed E-state index contributed by atoms with van der Waals surface area (Å²) in [4.78, 5) is 26.4. The van der Waals surface area contributed by atoms with E-state index in [-0.39, 0.29) is 5.91 Å². The van der Waals surface area contributed by atoms with E-state index in [9.17, 15) is 9.59 Å². The fourth-order valence-electron chi connectivity index (χ4n) is 2.76. The van der Waals surface area contributed by atoms with E-state index >= 15 is 0 Å². The molecular weight excluding hydrogens is 370 g/mol. The maximum Gasteiger partial charge on any atom is 0.319 e. The molecule has 0 aromatic heterocycles. The lowest BCUT2D eigenvalue weighted by Gasteiger charge is -2.22. The Morgan fingerprint density at radius 2 is 1.83 bits per heavy atom. The Kier molecular flexibility index (Phi) is 4.85. The molecular formula is C18H18BrN3O2. The lowest BCUT2D eigenvalue weighted by atomic mass is 10.2. The van der Waals surface area contributed by atoms with Crippen LogP contribution in [0.4, 0.5) is 16.2 Å². The van der Waals surface area contributed by atoms with Gasteiger partial charge in [0, 0.05) is 22.4 Å². The highest BCUT2D eigenvalue weighted by Crippen LogP contribution is 2.27. The Morgan fingerprint density at radius 3 is 2.58 bits per heavy atom. The lowest BCUT2D eigenvalue weighted by Crippen LogP contribution is -2.47. The normalized spacial score (nSPS) is 14.0. The highest BCUT2D eigenvalue weighted by Gasteiger charge is 2.28. The fourth-order valence-corrected chi connectivity index (χ4v) is 3.02. The second-order valence-corrected chi connectivity index (χ2v) is 6.61. The number of nitrogens with zero attached hydrogens (tertiary/aromatic N) is 1. The summed E-state index contributed by atoms with van der Waals surface area (Å²) in [5.74, 6) is -0.106. The molecule has 1 aliphatic rings. The van der Waals surface area contributed by atoms with Crippen LogP contribution in [0.5, 0.6) is 0 Å². The number of benzene rings is 2. The summed E-state index contributed by atoms with van der Waals surface area (Å²) in [5, 5.41) is 5.42. The van der Waals surface area contributed by atoms with E-state index in [1.54, 1.807) is 24.0 Å². The van der Waals surface area contributed by atoms with Crippen molar-refractivity contribution in [2.45, 2.75) is 19.4 Å². The van der Waals surface area contributed by atoms with Crippen LogP contribution < -0.4 is 15.5 Å². The van der Waals surface area contributed by atoms with Gasteiger partial charge in [0.25, 0.3) is 0 Å². The minimum atomic E-state index is -0.605. The average Bonchev–Trinajstić information content (AvgIpc) is 3.00. The number of amides is 3. The highest BCUT2D eigenvalue weighted by molar-refractivity contribution is 9.10. The van der Waals surface area contributed by atoms with Crippen molar-refractivity contribution in [1.29, 1.82) is 0 Å². The first-order valence-corrected chi connectivity index (χ1v) is 8.56. The number of anilines is 2. The van der Waals surface area contributed by atoms with Crippen molar-refractivity contribution >= 4 is 39.2 Å². The van der Waals surface area contributed by atoms with Gasteiger partial charge in [-0.2, -0.15) is 0 Å².